The fourth-order valence-electron chi connectivity index (χ4n) is 3.80. The Morgan fingerprint density at radius 2 is 2.38 bits per heavy atom. The van der Waals surface area contributed by atoms with Crippen molar-refractivity contribution < 1.29 is 9.47 Å². The zero-order chi connectivity index (χ0) is 14.9. The topological polar surface area (TPSA) is 39.5 Å². The van der Waals surface area contributed by atoms with Crippen LogP contribution in [-0.2, 0) is 22.6 Å². The van der Waals surface area contributed by atoms with E-state index in [1.165, 1.54) is 5.56 Å². The van der Waals surface area contributed by atoms with Crippen molar-refractivity contribution in [2.24, 2.45) is 0 Å². The minimum Gasteiger partial charge on any atom is -0.378 e. The Kier molecular flexibility index (Phi) is 4.33. The van der Waals surface area contributed by atoms with Crippen LogP contribution in [0.2, 0.25) is 0 Å². The van der Waals surface area contributed by atoms with Gasteiger partial charge in [-0.2, -0.15) is 5.10 Å². The van der Waals surface area contributed by atoms with Gasteiger partial charge in [-0.15, -0.1) is 0 Å². The van der Waals surface area contributed by atoms with E-state index in [-0.39, 0.29) is 11.7 Å². The standard InChI is InChI=1S/C16H27N3O2/c1-4-19-11-14(13(2)17-19)10-18-8-6-15(20-3)16(12-18)7-5-9-21-16/h11,15H,4-10,12H2,1-3H3/t15-,16-/m0/s1. The van der Waals surface area contributed by atoms with Crippen LogP contribution in [0.3, 0.4) is 0 Å². The molecule has 0 unspecified atom stereocenters. The van der Waals surface area contributed by atoms with Crippen molar-refractivity contribution in [1.29, 1.82) is 0 Å². The molecule has 0 saturated carbocycles. The Bertz CT molecular complexity index is 480. The summed E-state index contributed by atoms with van der Waals surface area (Å²) in [6.45, 7) is 9.04. The van der Waals surface area contributed by atoms with Gasteiger partial charge in [0.05, 0.1) is 11.8 Å². The third-order valence-corrected chi connectivity index (χ3v) is 4.97. The van der Waals surface area contributed by atoms with Gasteiger partial charge in [-0.05, 0) is 33.1 Å². The van der Waals surface area contributed by atoms with E-state index < -0.39 is 0 Å². The number of piperidine rings is 1. The van der Waals surface area contributed by atoms with Crippen LogP contribution >= 0.6 is 0 Å². The molecule has 2 saturated heterocycles. The lowest BCUT2D eigenvalue weighted by atomic mass is 9.86. The highest BCUT2D eigenvalue weighted by Crippen LogP contribution is 2.36. The summed E-state index contributed by atoms with van der Waals surface area (Å²) in [6, 6.07) is 0. The molecule has 2 aliphatic rings. The highest BCUT2D eigenvalue weighted by atomic mass is 16.5. The van der Waals surface area contributed by atoms with Crippen LogP contribution < -0.4 is 0 Å². The predicted molar refractivity (Wildman–Crippen MR) is 81.2 cm³/mol. The van der Waals surface area contributed by atoms with Gasteiger partial charge in [0.2, 0.25) is 0 Å². The summed E-state index contributed by atoms with van der Waals surface area (Å²) in [6.07, 6.45) is 5.75. The highest BCUT2D eigenvalue weighted by Gasteiger charge is 2.47. The average Bonchev–Trinajstić information content (AvgIpc) is 3.07. The molecule has 5 heteroatoms. The molecule has 1 aromatic rings. The minimum atomic E-state index is -0.0817. The smallest absolute Gasteiger partial charge is 0.107 e. The number of methoxy groups -OCH3 is 1. The van der Waals surface area contributed by atoms with Gasteiger partial charge in [-0.3, -0.25) is 9.58 Å². The zero-order valence-electron chi connectivity index (χ0n) is 13.5. The van der Waals surface area contributed by atoms with Crippen LogP contribution in [0, 0.1) is 6.92 Å². The molecule has 0 aromatic carbocycles. The normalized spacial score (nSPS) is 30.3. The van der Waals surface area contributed by atoms with E-state index >= 15 is 0 Å². The second kappa shape index (κ2) is 6.07. The second-order valence-electron chi connectivity index (χ2n) is 6.34. The fraction of sp³-hybridized carbons (Fsp3) is 0.812. The van der Waals surface area contributed by atoms with Gasteiger partial charge in [0, 0.05) is 51.7 Å². The van der Waals surface area contributed by atoms with Crippen molar-refractivity contribution in [3.63, 3.8) is 0 Å². The Hall–Kier alpha value is -0.910. The number of likely N-dealkylation sites (tertiary alicyclic amines) is 1. The first-order chi connectivity index (χ1) is 10.2. The first kappa shape index (κ1) is 15.0. The number of nitrogens with zero attached hydrogens (tertiary/aromatic N) is 3. The molecule has 1 aromatic heterocycles. The van der Waals surface area contributed by atoms with Crippen LogP contribution in [0.1, 0.15) is 37.4 Å². The quantitative estimate of drug-likeness (QED) is 0.851. The number of aryl methyl sites for hydroxylation is 2. The summed E-state index contributed by atoms with van der Waals surface area (Å²) in [4.78, 5) is 2.50. The average molecular weight is 293 g/mol. The molecular formula is C16H27N3O2. The lowest BCUT2D eigenvalue weighted by molar-refractivity contribution is -0.145. The summed E-state index contributed by atoms with van der Waals surface area (Å²) >= 11 is 0. The third kappa shape index (κ3) is 2.87. The van der Waals surface area contributed by atoms with Crippen LogP contribution in [0.25, 0.3) is 0 Å². The van der Waals surface area contributed by atoms with Crippen LogP contribution in [-0.4, -0.2) is 53.2 Å². The molecule has 2 aliphatic heterocycles. The molecule has 3 heterocycles. The van der Waals surface area contributed by atoms with Crippen LogP contribution in [0.4, 0.5) is 0 Å². The van der Waals surface area contributed by atoms with Gasteiger partial charge in [0.1, 0.15) is 5.60 Å². The van der Waals surface area contributed by atoms with Gasteiger partial charge in [-0.25, -0.2) is 0 Å². The summed E-state index contributed by atoms with van der Waals surface area (Å²) < 4.78 is 13.8. The van der Waals surface area contributed by atoms with E-state index in [0.717, 1.165) is 57.7 Å². The fourth-order valence-corrected chi connectivity index (χ4v) is 3.80. The van der Waals surface area contributed by atoms with Gasteiger partial charge in [0.25, 0.3) is 0 Å². The van der Waals surface area contributed by atoms with E-state index in [1.807, 2.05) is 11.8 Å². The van der Waals surface area contributed by atoms with Gasteiger partial charge < -0.3 is 9.47 Å². The molecule has 0 bridgehead atoms. The lowest BCUT2D eigenvalue weighted by Crippen LogP contribution is -2.56. The van der Waals surface area contributed by atoms with Gasteiger partial charge in [0.15, 0.2) is 0 Å². The maximum atomic E-state index is 6.12. The number of ether oxygens (including phenoxy) is 2. The van der Waals surface area contributed by atoms with Crippen molar-refractivity contribution >= 4 is 0 Å². The first-order valence-corrected chi connectivity index (χ1v) is 8.09. The largest absolute Gasteiger partial charge is 0.378 e. The summed E-state index contributed by atoms with van der Waals surface area (Å²) in [5.41, 5.74) is 2.40. The molecule has 5 nitrogen and oxygen atoms in total. The minimum absolute atomic E-state index is 0.0817. The molecule has 0 amide bonds. The maximum Gasteiger partial charge on any atom is 0.107 e. The van der Waals surface area contributed by atoms with E-state index in [4.69, 9.17) is 9.47 Å². The number of hydrogen-bond donors (Lipinski definition) is 0. The first-order valence-electron chi connectivity index (χ1n) is 8.09. The SMILES string of the molecule is CCn1cc(CN2CC[C@H](OC)[C@]3(CCCO3)C2)c(C)n1. The summed E-state index contributed by atoms with van der Waals surface area (Å²) in [7, 11) is 1.82. The van der Waals surface area contributed by atoms with Crippen molar-refractivity contribution in [3.8, 4) is 0 Å². The van der Waals surface area contributed by atoms with E-state index in [2.05, 4.69) is 30.0 Å². The molecule has 2 atom stereocenters. The van der Waals surface area contributed by atoms with E-state index in [1.54, 1.807) is 0 Å². The summed E-state index contributed by atoms with van der Waals surface area (Å²) in [5, 5.41) is 4.55. The van der Waals surface area contributed by atoms with E-state index in [9.17, 15) is 0 Å². The van der Waals surface area contributed by atoms with Gasteiger partial charge >= 0.3 is 0 Å². The summed E-state index contributed by atoms with van der Waals surface area (Å²) in [5.74, 6) is 0. The Labute approximate surface area is 127 Å². The predicted octanol–water partition coefficient (Wildman–Crippen LogP) is 1.98. The Balaban J connectivity index is 1.70. The third-order valence-electron chi connectivity index (χ3n) is 4.97. The Morgan fingerprint density at radius 1 is 1.52 bits per heavy atom. The highest BCUT2D eigenvalue weighted by molar-refractivity contribution is 5.16. The molecule has 118 valence electrons. The van der Waals surface area contributed by atoms with Crippen molar-refractivity contribution in [3.05, 3.63) is 17.5 Å². The number of rotatable bonds is 4. The lowest BCUT2D eigenvalue weighted by Gasteiger charge is -2.44. The zero-order valence-corrected chi connectivity index (χ0v) is 13.5. The number of hydrogen-bond acceptors (Lipinski definition) is 4. The monoisotopic (exact) mass is 293 g/mol. The van der Waals surface area contributed by atoms with Crippen molar-refractivity contribution in [2.75, 3.05) is 26.8 Å². The number of aromatic nitrogens is 2. The molecule has 2 fully saturated rings. The van der Waals surface area contributed by atoms with Crippen molar-refractivity contribution in [1.82, 2.24) is 14.7 Å². The van der Waals surface area contributed by atoms with E-state index in [0.29, 0.717) is 0 Å². The Morgan fingerprint density at radius 3 is 3.00 bits per heavy atom. The molecule has 0 N–H and O–H groups in total. The molecule has 0 radical (unpaired) electrons. The molecule has 21 heavy (non-hydrogen) atoms. The van der Waals surface area contributed by atoms with Crippen LogP contribution in [0.5, 0.6) is 0 Å². The maximum absolute atomic E-state index is 6.12. The molecular weight excluding hydrogens is 266 g/mol. The second-order valence-corrected chi connectivity index (χ2v) is 6.34. The molecule has 1 spiro atoms. The van der Waals surface area contributed by atoms with Crippen LogP contribution in [0.15, 0.2) is 6.20 Å². The molecule has 3 rings (SSSR count). The van der Waals surface area contributed by atoms with Crippen molar-refractivity contribution in [2.45, 2.75) is 57.9 Å². The van der Waals surface area contributed by atoms with Gasteiger partial charge in [-0.1, -0.05) is 0 Å². The molecule has 0 aliphatic carbocycles.